The Morgan fingerprint density at radius 3 is 2.56 bits per heavy atom. The van der Waals surface area contributed by atoms with Gasteiger partial charge in [0.05, 0.1) is 16.6 Å². The Morgan fingerprint density at radius 2 is 1.96 bits per heavy atom. The molecule has 2 fully saturated rings. The zero-order valence-electron chi connectivity index (χ0n) is 14.7. The van der Waals surface area contributed by atoms with E-state index in [-0.39, 0.29) is 35.3 Å². The van der Waals surface area contributed by atoms with Gasteiger partial charge in [-0.15, -0.1) is 11.3 Å². The SMILES string of the molecule is N[C@H]1CCc2sc(CC(=O)[C@H]3C[C@@H]3F)c(S(=O)(=O)CC3CC(F)(F)C3)c2C1. The summed E-state index contributed by atoms with van der Waals surface area (Å²) in [5.74, 6) is -4.60. The van der Waals surface area contributed by atoms with Gasteiger partial charge in [0.15, 0.2) is 9.84 Å². The molecular weight excluding hydrogens is 399 g/mol. The summed E-state index contributed by atoms with van der Waals surface area (Å²) in [6.45, 7) is 0. The van der Waals surface area contributed by atoms with Crippen molar-refractivity contribution < 1.29 is 26.4 Å². The van der Waals surface area contributed by atoms with Gasteiger partial charge in [-0.25, -0.2) is 21.6 Å². The highest BCUT2D eigenvalue weighted by molar-refractivity contribution is 7.91. The first-order valence-electron chi connectivity index (χ1n) is 9.22. The number of alkyl halides is 3. The van der Waals surface area contributed by atoms with Crippen LogP contribution in [-0.2, 0) is 33.9 Å². The van der Waals surface area contributed by atoms with E-state index < -0.39 is 46.6 Å². The first kappa shape index (κ1) is 19.4. The van der Waals surface area contributed by atoms with Crippen molar-refractivity contribution in [1.82, 2.24) is 0 Å². The van der Waals surface area contributed by atoms with Crippen molar-refractivity contribution in [3.05, 3.63) is 15.3 Å². The highest BCUT2D eigenvalue weighted by Crippen LogP contribution is 2.46. The summed E-state index contributed by atoms with van der Waals surface area (Å²) in [6.07, 6.45) is -0.0707. The Bertz CT molecular complexity index is 873. The summed E-state index contributed by atoms with van der Waals surface area (Å²) in [7, 11) is -3.81. The van der Waals surface area contributed by atoms with Gasteiger partial charge in [0.2, 0.25) is 5.92 Å². The van der Waals surface area contributed by atoms with E-state index in [0.29, 0.717) is 23.3 Å². The van der Waals surface area contributed by atoms with Gasteiger partial charge in [-0.2, -0.15) is 0 Å². The maximum Gasteiger partial charge on any atom is 0.248 e. The molecule has 2 saturated carbocycles. The molecule has 0 spiro atoms. The number of carbonyl (C=O) groups is 1. The topological polar surface area (TPSA) is 77.2 Å². The van der Waals surface area contributed by atoms with Gasteiger partial charge >= 0.3 is 0 Å². The van der Waals surface area contributed by atoms with Crippen LogP contribution in [-0.4, -0.2) is 38.1 Å². The van der Waals surface area contributed by atoms with Gasteiger partial charge in [0.1, 0.15) is 12.0 Å². The third-order valence-corrected chi connectivity index (χ3v) is 9.17. The predicted molar refractivity (Wildman–Crippen MR) is 95.8 cm³/mol. The van der Waals surface area contributed by atoms with E-state index in [1.165, 1.54) is 11.3 Å². The molecule has 0 aliphatic heterocycles. The first-order chi connectivity index (χ1) is 12.6. The number of hydrogen-bond donors (Lipinski definition) is 1. The van der Waals surface area contributed by atoms with Gasteiger partial charge in [0, 0.05) is 35.1 Å². The van der Waals surface area contributed by atoms with Crippen LogP contribution in [0.4, 0.5) is 13.2 Å². The number of rotatable bonds is 6. The minimum Gasteiger partial charge on any atom is -0.327 e. The van der Waals surface area contributed by atoms with Gasteiger partial charge in [0.25, 0.3) is 0 Å². The van der Waals surface area contributed by atoms with Gasteiger partial charge < -0.3 is 5.73 Å². The second-order valence-corrected chi connectivity index (χ2v) is 11.3. The quantitative estimate of drug-likeness (QED) is 0.766. The molecule has 1 heterocycles. The van der Waals surface area contributed by atoms with Crippen molar-refractivity contribution in [2.45, 2.75) is 68.0 Å². The number of sulfone groups is 1. The fraction of sp³-hybridized carbons (Fsp3) is 0.722. The molecule has 3 aliphatic rings. The average molecular weight is 422 g/mol. The van der Waals surface area contributed by atoms with Crippen LogP contribution in [0.1, 0.15) is 41.0 Å². The Hall–Kier alpha value is -0.930. The molecular formula is C18H22F3NO3S2. The van der Waals surface area contributed by atoms with E-state index in [4.69, 9.17) is 5.73 Å². The molecule has 27 heavy (non-hydrogen) atoms. The monoisotopic (exact) mass is 421 g/mol. The van der Waals surface area contributed by atoms with Crippen LogP contribution in [0.5, 0.6) is 0 Å². The largest absolute Gasteiger partial charge is 0.327 e. The minimum atomic E-state index is -3.81. The predicted octanol–water partition coefficient (Wildman–Crippen LogP) is 2.85. The van der Waals surface area contributed by atoms with Crippen LogP contribution < -0.4 is 5.73 Å². The molecule has 9 heteroatoms. The van der Waals surface area contributed by atoms with E-state index in [1.54, 1.807) is 0 Å². The number of ketones is 1. The van der Waals surface area contributed by atoms with Crippen LogP contribution in [0.3, 0.4) is 0 Å². The fourth-order valence-corrected chi connectivity index (χ4v) is 8.05. The molecule has 0 bridgehead atoms. The van der Waals surface area contributed by atoms with Crippen molar-refractivity contribution in [2.24, 2.45) is 17.6 Å². The standard InChI is InChI=1S/C18H22F3NO3S2/c19-13-4-11(13)14(23)5-16-17(12-3-10(22)1-2-15(12)26-16)27(24,25)8-9-6-18(20,21)7-9/h9-11,13H,1-8,22H2/t10-,11-,13-/m0/s1. The Balaban J connectivity index is 1.64. The molecule has 1 aromatic rings. The lowest BCUT2D eigenvalue weighted by Gasteiger charge is -2.34. The number of hydrogen-bond acceptors (Lipinski definition) is 5. The molecule has 1 aromatic heterocycles. The van der Waals surface area contributed by atoms with Crippen LogP contribution in [0, 0.1) is 11.8 Å². The molecule has 0 radical (unpaired) electrons. The van der Waals surface area contributed by atoms with Crippen LogP contribution in [0.2, 0.25) is 0 Å². The number of Topliss-reactive ketones (excluding diaryl/α,β-unsaturated/α-hetero) is 1. The second-order valence-electron chi connectivity index (χ2n) is 8.17. The smallest absolute Gasteiger partial charge is 0.248 e. The Morgan fingerprint density at radius 1 is 1.30 bits per heavy atom. The highest BCUT2D eigenvalue weighted by Gasteiger charge is 2.48. The summed E-state index contributed by atoms with van der Waals surface area (Å²) in [5, 5.41) is 0. The maximum atomic E-state index is 13.2. The third-order valence-electron chi connectivity index (χ3n) is 5.72. The van der Waals surface area contributed by atoms with Crippen LogP contribution in [0.15, 0.2) is 4.90 Å². The van der Waals surface area contributed by atoms with Crippen LogP contribution in [0.25, 0.3) is 0 Å². The van der Waals surface area contributed by atoms with E-state index in [9.17, 15) is 26.4 Å². The van der Waals surface area contributed by atoms with Gasteiger partial charge in [-0.3, -0.25) is 4.79 Å². The molecule has 2 N–H and O–H groups in total. The van der Waals surface area contributed by atoms with Crippen LogP contribution >= 0.6 is 11.3 Å². The first-order valence-corrected chi connectivity index (χ1v) is 11.7. The lowest BCUT2D eigenvalue weighted by atomic mass is 9.83. The van der Waals surface area contributed by atoms with E-state index in [1.807, 2.05) is 0 Å². The van der Waals surface area contributed by atoms with Gasteiger partial charge in [-0.05, 0) is 37.2 Å². The molecule has 3 aliphatic carbocycles. The molecule has 0 amide bonds. The number of thiophene rings is 1. The molecule has 0 unspecified atom stereocenters. The lowest BCUT2D eigenvalue weighted by Crippen LogP contribution is -2.39. The summed E-state index contributed by atoms with van der Waals surface area (Å²) in [6, 6.07) is -0.156. The number of halogens is 3. The molecule has 3 atom stereocenters. The normalized spacial score (nSPS) is 29.9. The minimum absolute atomic E-state index is 0.104. The Kier molecular flexibility index (Phi) is 4.71. The zero-order valence-corrected chi connectivity index (χ0v) is 16.4. The fourth-order valence-electron chi connectivity index (χ4n) is 4.20. The molecule has 4 rings (SSSR count). The Labute approximate surface area is 160 Å². The molecule has 0 aromatic carbocycles. The van der Waals surface area contributed by atoms with Crippen molar-refractivity contribution in [2.75, 3.05) is 5.75 Å². The summed E-state index contributed by atoms with van der Waals surface area (Å²) < 4.78 is 65.6. The lowest BCUT2D eigenvalue weighted by molar-refractivity contribution is -0.119. The van der Waals surface area contributed by atoms with Gasteiger partial charge in [-0.1, -0.05) is 0 Å². The number of fused-ring (bicyclic) bond motifs is 1. The summed E-state index contributed by atoms with van der Waals surface area (Å²) >= 11 is 1.29. The van der Waals surface area contributed by atoms with E-state index >= 15 is 0 Å². The third kappa shape index (κ3) is 3.82. The second kappa shape index (κ2) is 6.56. The molecule has 150 valence electrons. The number of carbonyl (C=O) groups excluding carboxylic acids is 1. The maximum absolute atomic E-state index is 13.2. The average Bonchev–Trinajstić information content (AvgIpc) is 3.13. The summed E-state index contributed by atoms with van der Waals surface area (Å²) in [5.41, 5.74) is 6.67. The molecule has 0 saturated heterocycles. The van der Waals surface area contributed by atoms with Crippen molar-refractivity contribution in [3.8, 4) is 0 Å². The number of nitrogens with two attached hydrogens (primary N) is 1. The van der Waals surface area contributed by atoms with Crippen molar-refractivity contribution >= 4 is 27.0 Å². The summed E-state index contributed by atoms with van der Waals surface area (Å²) in [4.78, 5) is 13.7. The number of aryl methyl sites for hydroxylation is 1. The van der Waals surface area contributed by atoms with Crippen molar-refractivity contribution in [1.29, 1.82) is 0 Å². The van der Waals surface area contributed by atoms with Crippen molar-refractivity contribution in [3.63, 3.8) is 0 Å². The van der Waals surface area contributed by atoms with E-state index in [0.717, 1.165) is 11.3 Å². The van der Waals surface area contributed by atoms with E-state index in [2.05, 4.69) is 0 Å². The highest BCUT2D eigenvalue weighted by atomic mass is 32.2. The zero-order chi connectivity index (χ0) is 19.6. The molecule has 4 nitrogen and oxygen atoms in total.